The molecule has 0 radical (unpaired) electrons. The topological polar surface area (TPSA) is 54.3 Å². The molecule has 2 aliphatic rings. The molecule has 2 saturated carbocycles. The van der Waals surface area contributed by atoms with Gasteiger partial charge in [0.15, 0.2) is 0 Å². The van der Waals surface area contributed by atoms with Gasteiger partial charge in [0.1, 0.15) is 0 Å². The van der Waals surface area contributed by atoms with Crippen LogP contribution in [0.4, 0.5) is 0 Å². The van der Waals surface area contributed by atoms with Crippen molar-refractivity contribution in [2.45, 2.75) is 65.0 Å². The number of rotatable bonds is 4. The molecule has 1 heterocycles. The van der Waals surface area contributed by atoms with Crippen LogP contribution in [0, 0.1) is 19.3 Å². The van der Waals surface area contributed by atoms with E-state index in [1.54, 1.807) is 0 Å². The average Bonchev–Trinajstić information content (AvgIpc) is 3.15. The lowest BCUT2D eigenvalue weighted by Gasteiger charge is -2.30. The van der Waals surface area contributed by atoms with Crippen molar-refractivity contribution in [1.29, 1.82) is 0 Å². The van der Waals surface area contributed by atoms with Gasteiger partial charge in [0.05, 0.1) is 12.2 Å². The number of aryl methyl sites for hydroxylation is 1. The van der Waals surface area contributed by atoms with E-state index in [0.717, 1.165) is 30.5 Å². The van der Waals surface area contributed by atoms with E-state index in [2.05, 4.69) is 23.7 Å². The number of aliphatic hydroxyl groups excluding tert-OH is 1. The monoisotopic (exact) mass is 290 g/mol. The summed E-state index contributed by atoms with van der Waals surface area (Å²) in [5, 5.41) is 12.8. The third kappa shape index (κ3) is 2.50. The molecule has 0 saturated heterocycles. The number of nitrogens with zero attached hydrogens (tertiary/aromatic N) is 1. The van der Waals surface area contributed by atoms with Crippen LogP contribution in [0.25, 0.3) is 0 Å². The molecule has 2 unspecified atom stereocenters. The quantitative estimate of drug-likeness (QED) is 0.896. The average molecular weight is 290 g/mol. The van der Waals surface area contributed by atoms with E-state index in [0.29, 0.717) is 6.04 Å². The maximum atomic E-state index is 12.6. The second kappa shape index (κ2) is 5.16. The summed E-state index contributed by atoms with van der Waals surface area (Å²) in [6, 6.07) is 2.69. The summed E-state index contributed by atoms with van der Waals surface area (Å²) >= 11 is 0. The van der Waals surface area contributed by atoms with Gasteiger partial charge < -0.3 is 15.0 Å². The highest BCUT2D eigenvalue weighted by Crippen LogP contribution is 2.39. The normalized spacial score (nSPS) is 28.9. The smallest absolute Gasteiger partial charge is 0.253 e. The molecule has 4 heteroatoms. The first kappa shape index (κ1) is 14.6. The van der Waals surface area contributed by atoms with Crippen molar-refractivity contribution in [2.75, 3.05) is 6.61 Å². The van der Waals surface area contributed by atoms with Gasteiger partial charge in [-0.25, -0.2) is 0 Å². The van der Waals surface area contributed by atoms with E-state index in [9.17, 15) is 9.90 Å². The molecule has 0 bridgehead atoms. The Hall–Kier alpha value is -1.29. The molecule has 1 amide bonds. The van der Waals surface area contributed by atoms with Gasteiger partial charge in [-0.1, -0.05) is 13.3 Å². The van der Waals surface area contributed by atoms with Gasteiger partial charge in [0, 0.05) is 28.9 Å². The van der Waals surface area contributed by atoms with Crippen molar-refractivity contribution in [1.82, 2.24) is 9.88 Å². The second-order valence-corrected chi connectivity index (χ2v) is 7.12. The van der Waals surface area contributed by atoms with Crippen molar-refractivity contribution in [3.05, 3.63) is 23.0 Å². The molecule has 3 rings (SSSR count). The van der Waals surface area contributed by atoms with Crippen molar-refractivity contribution >= 4 is 5.91 Å². The fraction of sp³-hybridized carbons (Fsp3) is 0.706. The third-order valence-electron chi connectivity index (χ3n) is 5.39. The maximum Gasteiger partial charge on any atom is 0.253 e. The zero-order valence-electron chi connectivity index (χ0n) is 13.3. The zero-order chi connectivity index (χ0) is 15.2. The van der Waals surface area contributed by atoms with Gasteiger partial charge in [0.2, 0.25) is 0 Å². The Morgan fingerprint density at radius 2 is 2.14 bits per heavy atom. The number of nitrogens with one attached hydrogen (secondary N) is 1. The standard InChI is InChI=1S/C17H26N2O2/c1-11-9-14(12(2)19(11)13-6-7-13)16(21)18-15-5-4-8-17(15,3)10-20/h9,13,15,20H,4-8,10H2,1-3H3,(H,18,21). The molecule has 21 heavy (non-hydrogen) atoms. The molecule has 2 aliphatic carbocycles. The minimum absolute atomic E-state index is 0.0153. The highest BCUT2D eigenvalue weighted by atomic mass is 16.3. The predicted molar refractivity (Wildman–Crippen MR) is 82.5 cm³/mol. The summed E-state index contributed by atoms with van der Waals surface area (Å²) in [7, 11) is 0. The first-order chi connectivity index (χ1) is 9.96. The van der Waals surface area contributed by atoms with E-state index in [-0.39, 0.29) is 24.0 Å². The molecule has 2 atom stereocenters. The molecule has 1 aromatic rings. The number of hydrogen-bond acceptors (Lipinski definition) is 2. The van der Waals surface area contributed by atoms with Gasteiger partial charge in [-0.05, 0) is 45.6 Å². The van der Waals surface area contributed by atoms with E-state index in [1.807, 2.05) is 13.0 Å². The predicted octanol–water partition coefficient (Wildman–Crippen LogP) is 2.72. The van der Waals surface area contributed by atoms with Crippen molar-refractivity contribution in [3.8, 4) is 0 Å². The van der Waals surface area contributed by atoms with Crippen LogP contribution in [0.1, 0.15) is 66.8 Å². The number of carbonyl (C=O) groups excluding carboxylic acids is 1. The number of aromatic nitrogens is 1. The molecule has 2 N–H and O–H groups in total. The number of aliphatic hydroxyl groups is 1. The Morgan fingerprint density at radius 1 is 1.43 bits per heavy atom. The van der Waals surface area contributed by atoms with Crippen LogP contribution in [-0.2, 0) is 0 Å². The van der Waals surface area contributed by atoms with Gasteiger partial charge in [-0.3, -0.25) is 4.79 Å². The van der Waals surface area contributed by atoms with Crippen LogP contribution in [0.2, 0.25) is 0 Å². The Morgan fingerprint density at radius 3 is 2.76 bits per heavy atom. The molecule has 1 aromatic heterocycles. The van der Waals surface area contributed by atoms with Gasteiger partial charge in [-0.2, -0.15) is 0 Å². The third-order valence-corrected chi connectivity index (χ3v) is 5.39. The van der Waals surface area contributed by atoms with E-state index in [4.69, 9.17) is 0 Å². The zero-order valence-corrected chi connectivity index (χ0v) is 13.3. The Kier molecular flexibility index (Phi) is 3.60. The van der Waals surface area contributed by atoms with Gasteiger partial charge in [0.25, 0.3) is 5.91 Å². The molecule has 0 aliphatic heterocycles. The SMILES string of the molecule is Cc1cc(C(=O)NC2CCCC2(C)CO)c(C)n1C1CC1. The van der Waals surface area contributed by atoms with E-state index in [1.165, 1.54) is 18.5 Å². The fourth-order valence-electron chi connectivity index (χ4n) is 3.81. The molecular formula is C17H26N2O2. The minimum Gasteiger partial charge on any atom is -0.396 e. The van der Waals surface area contributed by atoms with Gasteiger partial charge >= 0.3 is 0 Å². The molecule has 2 fully saturated rings. The Balaban J connectivity index is 1.78. The second-order valence-electron chi connectivity index (χ2n) is 7.12. The van der Waals surface area contributed by atoms with Gasteiger partial charge in [-0.15, -0.1) is 0 Å². The van der Waals surface area contributed by atoms with Crippen LogP contribution in [-0.4, -0.2) is 28.2 Å². The molecular weight excluding hydrogens is 264 g/mol. The number of hydrogen-bond donors (Lipinski definition) is 2. The Labute approximate surface area is 126 Å². The van der Waals surface area contributed by atoms with Crippen molar-refractivity contribution < 1.29 is 9.90 Å². The largest absolute Gasteiger partial charge is 0.396 e. The highest BCUT2D eigenvalue weighted by Gasteiger charge is 2.39. The van der Waals surface area contributed by atoms with Crippen molar-refractivity contribution in [3.63, 3.8) is 0 Å². The van der Waals surface area contributed by atoms with E-state index >= 15 is 0 Å². The first-order valence-corrected chi connectivity index (χ1v) is 8.06. The number of amides is 1. The lowest BCUT2D eigenvalue weighted by Crippen LogP contribution is -2.44. The van der Waals surface area contributed by atoms with Crippen LogP contribution in [0.5, 0.6) is 0 Å². The minimum atomic E-state index is -0.169. The maximum absolute atomic E-state index is 12.6. The van der Waals surface area contributed by atoms with Crippen LogP contribution in [0.15, 0.2) is 6.07 Å². The fourth-order valence-corrected chi connectivity index (χ4v) is 3.81. The highest BCUT2D eigenvalue weighted by molar-refractivity contribution is 5.96. The summed E-state index contributed by atoms with van der Waals surface area (Å²) < 4.78 is 2.30. The lowest BCUT2D eigenvalue weighted by atomic mass is 9.85. The van der Waals surface area contributed by atoms with Crippen LogP contribution in [0.3, 0.4) is 0 Å². The van der Waals surface area contributed by atoms with E-state index < -0.39 is 0 Å². The summed E-state index contributed by atoms with van der Waals surface area (Å²) in [5.74, 6) is 0.0153. The molecule has 0 aromatic carbocycles. The lowest BCUT2D eigenvalue weighted by molar-refractivity contribution is 0.0830. The molecule has 116 valence electrons. The molecule has 0 spiro atoms. The van der Waals surface area contributed by atoms with Crippen LogP contribution < -0.4 is 5.32 Å². The summed E-state index contributed by atoms with van der Waals surface area (Å²) in [5.41, 5.74) is 2.89. The summed E-state index contributed by atoms with van der Waals surface area (Å²) in [6.45, 7) is 6.33. The Bertz CT molecular complexity index is 559. The van der Waals surface area contributed by atoms with Crippen LogP contribution >= 0.6 is 0 Å². The summed E-state index contributed by atoms with van der Waals surface area (Å²) in [6.07, 6.45) is 5.47. The van der Waals surface area contributed by atoms with Crippen molar-refractivity contribution in [2.24, 2.45) is 5.41 Å². The first-order valence-electron chi connectivity index (χ1n) is 8.06. The molecule has 4 nitrogen and oxygen atoms in total. The number of carbonyl (C=O) groups is 1. The summed E-state index contributed by atoms with van der Waals surface area (Å²) in [4.78, 5) is 12.6.